The molecule has 2 aromatic rings. The molecule has 19 heavy (non-hydrogen) atoms. The SMILES string of the molecule is OC(c1cnccc1Cl)c1ccccc1C(F)(F)F. The van der Waals surface area contributed by atoms with Gasteiger partial charge in [0.1, 0.15) is 6.10 Å². The maximum absolute atomic E-state index is 12.9. The van der Waals surface area contributed by atoms with Gasteiger partial charge < -0.3 is 5.11 Å². The van der Waals surface area contributed by atoms with Crippen LogP contribution in [-0.2, 0) is 6.18 Å². The molecule has 0 spiro atoms. The highest BCUT2D eigenvalue weighted by atomic mass is 35.5. The van der Waals surface area contributed by atoms with Gasteiger partial charge in [-0.3, -0.25) is 4.98 Å². The number of aliphatic hydroxyl groups is 1. The summed E-state index contributed by atoms with van der Waals surface area (Å²) < 4.78 is 38.6. The van der Waals surface area contributed by atoms with Crippen molar-refractivity contribution in [1.82, 2.24) is 4.98 Å². The topological polar surface area (TPSA) is 33.1 Å². The molecule has 100 valence electrons. The molecule has 0 saturated carbocycles. The molecule has 0 saturated heterocycles. The summed E-state index contributed by atoms with van der Waals surface area (Å²) in [5.74, 6) is 0. The fourth-order valence-electron chi connectivity index (χ4n) is 1.75. The van der Waals surface area contributed by atoms with E-state index in [1.165, 1.54) is 36.7 Å². The van der Waals surface area contributed by atoms with Crippen LogP contribution in [0.5, 0.6) is 0 Å². The van der Waals surface area contributed by atoms with Crippen molar-refractivity contribution in [3.63, 3.8) is 0 Å². The van der Waals surface area contributed by atoms with E-state index >= 15 is 0 Å². The quantitative estimate of drug-likeness (QED) is 0.910. The summed E-state index contributed by atoms with van der Waals surface area (Å²) in [5, 5.41) is 10.3. The molecule has 1 N–H and O–H groups in total. The minimum atomic E-state index is -4.54. The minimum Gasteiger partial charge on any atom is -0.384 e. The second kappa shape index (κ2) is 5.19. The third-order valence-corrected chi connectivity index (χ3v) is 3.00. The van der Waals surface area contributed by atoms with Crippen LogP contribution in [0.15, 0.2) is 42.7 Å². The molecular formula is C13H9ClF3NO. The van der Waals surface area contributed by atoms with Crippen molar-refractivity contribution in [1.29, 1.82) is 0 Å². The molecule has 0 aliphatic heterocycles. The standard InChI is InChI=1S/C13H9ClF3NO/c14-11-5-6-18-7-9(11)12(19)8-3-1-2-4-10(8)13(15,16)17/h1-7,12,19H. The van der Waals surface area contributed by atoms with Gasteiger partial charge in [0, 0.05) is 23.0 Å². The lowest BCUT2D eigenvalue weighted by molar-refractivity contribution is -0.139. The van der Waals surface area contributed by atoms with Gasteiger partial charge in [0.25, 0.3) is 0 Å². The fraction of sp³-hybridized carbons (Fsp3) is 0.154. The Morgan fingerprint density at radius 1 is 1.11 bits per heavy atom. The third kappa shape index (κ3) is 2.88. The first-order valence-corrected chi connectivity index (χ1v) is 5.72. The number of pyridine rings is 1. The largest absolute Gasteiger partial charge is 0.416 e. The van der Waals surface area contributed by atoms with Crippen molar-refractivity contribution in [2.75, 3.05) is 0 Å². The Kier molecular flexibility index (Phi) is 3.78. The van der Waals surface area contributed by atoms with Crippen LogP contribution in [0.1, 0.15) is 22.8 Å². The van der Waals surface area contributed by atoms with Gasteiger partial charge in [0.15, 0.2) is 0 Å². The van der Waals surface area contributed by atoms with Crippen molar-refractivity contribution < 1.29 is 18.3 Å². The van der Waals surface area contributed by atoms with E-state index in [0.29, 0.717) is 0 Å². The first-order valence-electron chi connectivity index (χ1n) is 5.35. The fourth-order valence-corrected chi connectivity index (χ4v) is 1.96. The molecule has 2 rings (SSSR count). The highest BCUT2D eigenvalue weighted by Crippen LogP contribution is 2.37. The number of hydrogen-bond donors (Lipinski definition) is 1. The predicted molar refractivity (Wildman–Crippen MR) is 64.8 cm³/mol. The zero-order valence-electron chi connectivity index (χ0n) is 9.53. The number of alkyl halides is 3. The number of halogens is 4. The van der Waals surface area contributed by atoms with Crippen LogP contribution in [0.4, 0.5) is 13.2 Å². The number of rotatable bonds is 2. The van der Waals surface area contributed by atoms with E-state index in [1.54, 1.807) is 0 Å². The van der Waals surface area contributed by atoms with E-state index in [-0.39, 0.29) is 16.1 Å². The average Bonchev–Trinajstić information content (AvgIpc) is 2.37. The maximum Gasteiger partial charge on any atom is 0.416 e. The Morgan fingerprint density at radius 3 is 2.42 bits per heavy atom. The van der Waals surface area contributed by atoms with E-state index in [1.807, 2.05) is 0 Å². The molecule has 0 bridgehead atoms. The number of aromatic nitrogens is 1. The lowest BCUT2D eigenvalue weighted by Crippen LogP contribution is -2.13. The highest BCUT2D eigenvalue weighted by molar-refractivity contribution is 6.31. The monoisotopic (exact) mass is 287 g/mol. The predicted octanol–water partition coefficient (Wildman–Crippen LogP) is 3.84. The van der Waals surface area contributed by atoms with E-state index in [0.717, 1.165) is 6.07 Å². The van der Waals surface area contributed by atoms with Crippen molar-refractivity contribution >= 4 is 11.6 Å². The van der Waals surface area contributed by atoms with Crippen molar-refractivity contribution in [3.05, 3.63) is 64.4 Å². The Hall–Kier alpha value is -1.59. The molecule has 2 nitrogen and oxygen atoms in total. The third-order valence-electron chi connectivity index (χ3n) is 2.65. The average molecular weight is 288 g/mol. The number of hydrogen-bond acceptors (Lipinski definition) is 2. The lowest BCUT2D eigenvalue weighted by atomic mass is 9.97. The first kappa shape index (κ1) is 13.8. The highest BCUT2D eigenvalue weighted by Gasteiger charge is 2.35. The Morgan fingerprint density at radius 2 is 1.79 bits per heavy atom. The molecule has 0 fully saturated rings. The second-order valence-corrected chi connectivity index (χ2v) is 4.29. The molecular weight excluding hydrogens is 279 g/mol. The molecule has 1 aromatic carbocycles. The van der Waals surface area contributed by atoms with Crippen LogP contribution >= 0.6 is 11.6 Å². The minimum absolute atomic E-state index is 0.140. The van der Waals surface area contributed by atoms with Gasteiger partial charge in [-0.25, -0.2) is 0 Å². The summed E-state index contributed by atoms with van der Waals surface area (Å²) in [6, 6.07) is 6.25. The van der Waals surface area contributed by atoms with Gasteiger partial charge in [-0.05, 0) is 17.7 Å². The molecule has 1 heterocycles. The zero-order valence-corrected chi connectivity index (χ0v) is 10.3. The second-order valence-electron chi connectivity index (χ2n) is 3.88. The first-order chi connectivity index (χ1) is 8.91. The number of nitrogens with zero attached hydrogens (tertiary/aromatic N) is 1. The molecule has 6 heteroatoms. The maximum atomic E-state index is 12.9. The van der Waals surface area contributed by atoms with Crippen molar-refractivity contribution in [3.8, 4) is 0 Å². The molecule has 0 aliphatic carbocycles. The number of aliphatic hydroxyl groups excluding tert-OH is 1. The summed E-state index contributed by atoms with van der Waals surface area (Å²) in [5.41, 5.74) is -0.992. The normalized spacial score (nSPS) is 13.3. The molecule has 1 aromatic heterocycles. The van der Waals surface area contributed by atoms with Crippen LogP contribution in [0, 0.1) is 0 Å². The molecule has 0 radical (unpaired) electrons. The molecule has 1 atom stereocenters. The van der Waals surface area contributed by atoms with Crippen molar-refractivity contribution in [2.24, 2.45) is 0 Å². The van der Waals surface area contributed by atoms with Gasteiger partial charge in [-0.1, -0.05) is 29.8 Å². The Labute approximate surface area is 112 Å². The van der Waals surface area contributed by atoms with Crippen LogP contribution in [0.25, 0.3) is 0 Å². The van der Waals surface area contributed by atoms with Crippen molar-refractivity contribution in [2.45, 2.75) is 12.3 Å². The van der Waals surface area contributed by atoms with E-state index in [2.05, 4.69) is 4.98 Å². The Balaban J connectivity index is 2.51. The van der Waals surface area contributed by atoms with Crippen LogP contribution in [-0.4, -0.2) is 10.1 Å². The van der Waals surface area contributed by atoms with E-state index in [4.69, 9.17) is 11.6 Å². The van der Waals surface area contributed by atoms with Gasteiger partial charge in [-0.15, -0.1) is 0 Å². The van der Waals surface area contributed by atoms with Gasteiger partial charge in [0.2, 0.25) is 0 Å². The van der Waals surface area contributed by atoms with Gasteiger partial charge in [0.05, 0.1) is 5.56 Å². The molecule has 1 unspecified atom stereocenters. The lowest BCUT2D eigenvalue weighted by Gasteiger charge is -2.18. The summed E-state index contributed by atoms with van der Waals surface area (Å²) in [6.45, 7) is 0. The zero-order chi connectivity index (χ0) is 14.0. The summed E-state index contributed by atoms with van der Waals surface area (Å²) in [4.78, 5) is 3.76. The van der Waals surface area contributed by atoms with Gasteiger partial charge in [-0.2, -0.15) is 13.2 Å². The molecule has 0 amide bonds. The van der Waals surface area contributed by atoms with Gasteiger partial charge >= 0.3 is 6.18 Å². The smallest absolute Gasteiger partial charge is 0.384 e. The van der Waals surface area contributed by atoms with Crippen LogP contribution < -0.4 is 0 Å². The van der Waals surface area contributed by atoms with E-state index < -0.39 is 17.8 Å². The summed E-state index contributed by atoms with van der Waals surface area (Å²) in [6.07, 6.45) is -3.36. The summed E-state index contributed by atoms with van der Waals surface area (Å²) in [7, 11) is 0. The Bertz CT molecular complexity index is 586. The van der Waals surface area contributed by atoms with Crippen LogP contribution in [0.2, 0.25) is 5.02 Å². The molecule has 0 aliphatic rings. The number of benzene rings is 1. The van der Waals surface area contributed by atoms with E-state index in [9.17, 15) is 18.3 Å². The van der Waals surface area contributed by atoms with Crippen LogP contribution in [0.3, 0.4) is 0 Å². The summed E-state index contributed by atoms with van der Waals surface area (Å²) >= 11 is 5.85.